The molecule has 0 atom stereocenters. The number of halogens is 5. The second-order valence-electron chi connectivity index (χ2n) is 9.17. The minimum atomic E-state index is -4.54. The Labute approximate surface area is 240 Å². The summed E-state index contributed by atoms with van der Waals surface area (Å²) in [6.07, 6.45) is -6.64. The van der Waals surface area contributed by atoms with Gasteiger partial charge in [-0.3, -0.25) is 0 Å². The molecule has 11 nitrogen and oxygen atoms in total. The van der Waals surface area contributed by atoms with Crippen LogP contribution in [0, 0.1) is 6.92 Å². The highest BCUT2D eigenvalue weighted by Gasteiger charge is 2.31. The molecule has 1 aliphatic heterocycles. The average Bonchev–Trinajstić information content (AvgIpc) is 3.51. The molecule has 5 rings (SSSR count). The molecule has 0 spiro atoms. The number of alkyl halides is 5. The Bertz CT molecular complexity index is 1700. The van der Waals surface area contributed by atoms with E-state index in [2.05, 4.69) is 20.0 Å². The quantitative estimate of drug-likeness (QED) is 0.311. The number of piperazine rings is 1. The number of carboxylic acid groups (broad SMARTS) is 1. The summed E-state index contributed by atoms with van der Waals surface area (Å²) in [6, 6.07) is 4.69. The summed E-state index contributed by atoms with van der Waals surface area (Å²) in [7, 11) is -1.43. The number of aryl methyl sites for hydroxylation is 1. The summed E-state index contributed by atoms with van der Waals surface area (Å²) in [6.45, 7) is 4.24. The molecular formula is C24H24F5N7O4S2. The first-order chi connectivity index (χ1) is 19.6. The van der Waals surface area contributed by atoms with E-state index in [0.717, 1.165) is 61.0 Å². The monoisotopic (exact) mass is 633 g/mol. The van der Waals surface area contributed by atoms with Crippen molar-refractivity contribution >= 4 is 38.1 Å². The molecular weight excluding hydrogens is 609 g/mol. The summed E-state index contributed by atoms with van der Waals surface area (Å²) in [5, 5.41) is 13.0. The van der Waals surface area contributed by atoms with E-state index >= 15 is 0 Å². The van der Waals surface area contributed by atoms with Crippen molar-refractivity contribution < 1.29 is 40.3 Å². The number of thiazole rings is 1. The maximum absolute atomic E-state index is 13.2. The first-order valence-corrected chi connectivity index (χ1v) is 14.3. The van der Waals surface area contributed by atoms with Gasteiger partial charge < -0.3 is 15.7 Å². The number of sulfonamides is 1. The van der Waals surface area contributed by atoms with Crippen molar-refractivity contribution in [2.24, 2.45) is 0 Å². The standard InChI is InChI=1S/C15H8F5N3O2.C9H16N4O2S2/c16-12(17)11-5-10(7-1-3-8(4-2-7)15(18,19)20)22-13-9(14(24)25)6-21-23(11)13;1-7-8(16-9(10)11-7)17(14,15)13-5-3-12(2)4-6-13/h1-6,12H,(H,24,25);3-6H2,1-2H3,(H2,10,11). The van der Waals surface area contributed by atoms with Crippen molar-refractivity contribution in [3.63, 3.8) is 0 Å². The number of aromatic carboxylic acids is 1. The Kier molecular flexibility index (Phi) is 8.81. The molecule has 1 aromatic carbocycles. The van der Waals surface area contributed by atoms with Crippen molar-refractivity contribution in [1.29, 1.82) is 0 Å². The Morgan fingerprint density at radius 2 is 1.71 bits per heavy atom. The normalized spacial score (nSPS) is 15.1. The SMILES string of the molecule is Cc1nc(N)sc1S(=O)(=O)N1CCN(C)CC1.O=C(O)c1cnn2c(C(F)F)cc(-c3ccc(C(F)(F)F)cc3)nc12. The van der Waals surface area contributed by atoms with Gasteiger partial charge in [-0.25, -0.2) is 36.5 Å². The largest absolute Gasteiger partial charge is 0.477 e. The van der Waals surface area contributed by atoms with E-state index in [1.165, 1.54) is 4.31 Å². The van der Waals surface area contributed by atoms with Gasteiger partial charge in [0.1, 0.15) is 11.3 Å². The minimum absolute atomic E-state index is 0.0838. The number of benzene rings is 1. The van der Waals surface area contributed by atoms with Crippen molar-refractivity contribution in [1.82, 2.24) is 28.8 Å². The molecule has 42 heavy (non-hydrogen) atoms. The summed E-state index contributed by atoms with van der Waals surface area (Å²) in [5.74, 6) is -1.41. The third-order valence-electron chi connectivity index (χ3n) is 6.27. The predicted octanol–water partition coefficient (Wildman–Crippen LogP) is 4.02. The molecule has 4 aromatic rings. The van der Waals surface area contributed by atoms with Crippen LogP contribution in [0.1, 0.15) is 33.7 Å². The van der Waals surface area contributed by atoms with Crippen LogP contribution in [0.3, 0.4) is 0 Å². The molecule has 226 valence electrons. The van der Waals surface area contributed by atoms with Crippen molar-refractivity contribution in [3.8, 4) is 11.3 Å². The summed E-state index contributed by atoms with van der Waals surface area (Å²) in [5.41, 5.74) is 3.86. The second-order valence-corrected chi connectivity index (χ2v) is 12.3. The van der Waals surface area contributed by atoms with E-state index in [4.69, 9.17) is 10.8 Å². The maximum atomic E-state index is 13.2. The number of nitrogens with two attached hydrogens (primary N) is 1. The lowest BCUT2D eigenvalue weighted by Gasteiger charge is -2.31. The molecule has 0 radical (unpaired) electrons. The number of carbonyl (C=O) groups is 1. The lowest BCUT2D eigenvalue weighted by Crippen LogP contribution is -2.46. The molecule has 3 N–H and O–H groups in total. The van der Waals surface area contributed by atoms with Crippen molar-refractivity contribution in [3.05, 3.63) is 59.0 Å². The fraction of sp³-hybridized carbons (Fsp3) is 0.333. The third-order valence-corrected chi connectivity index (χ3v) is 9.74. The van der Waals surface area contributed by atoms with Crippen molar-refractivity contribution in [2.75, 3.05) is 39.0 Å². The Morgan fingerprint density at radius 3 is 2.21 bits per heavy atom. The van der Waals surface area contributed by atoms with Crippen LogP contribution in [0.5, 0.6) is 0 Å². The van der Waals surface area contributed by atoms with E-state index in [1.807, 2.05) is 7.05 Å². The van der Waals surface area contributed by atoms with E-state index in [0.29, 0.717) is 28.4 Å². The zero-order chi connectivity index (χ0) is 31.0. The van der Waals surface area contributed by atoms with Crippen LogP contribution in [0.25, 0.3) is 16.9 Å². The molecule has 1 fully saturated rings. The number of likely N-dealkylation sites (N-methyl/N-ethyl adjacent to an activating group) is 1. The van der Waals surface area contributed by atoms with Gasteiger partial charge in [-0.15, -0.1) is 0 Å². The molecule has 0 saturated carbocycles. The maximum Gasteiger partial charge on any atom is 0.416 e. The van der Waals surface area contributed by atoms with E-state index < -0.39 is 45.4 Å². The van der Waals surface area contributed by atoms with Crippen LogP contribution in [-0.4, -0.2) is 81.5 Å². The Morgan fingerprint density at radius 1 is 1.10 bits per heavy atom. The smallest absolute Gasteiger partial charge is 0.416 e. The van der Waals surface area contributed by atoms with Gasteiger partial charge in [0.25, 0.3) is 16.4 Å². The second kappa shape index (κ2) is 11.9. The highest BCUT2D eigenvalue weighted by Crippen LogP contribution is 2.32. The number of rotatable bonds is 5. The molecule has 0 unspecified atom stereocenters. The minimum Gasteiger partial charge on any atom is -0.477 e. The molecule has 1 saturated heterocycles. The van der Waals surface area contributed by atoms with E-state index in [-0.39, 0.29) is 21.1 Å². The molecule has 1 aliphatic rings. The van der Waals surface area contributed by atoms with Crippen LogP contribution in [0.4, 0.5) is 27.1 Å². The Balaban J connectivity index is 0.000000208. The summed E-state index contributed by atoms with van der Waals surface area (Å²) < 4.78 is 91.5. The third kappa shape index (κ3) is 6.50. The number of anilines is 1. The van der Waals surface area contributed by atoms with Crippen LogP contribution in [-0.2, 0) is 16.2 Å². The highest BCUT2D eigenvalue weighted by molar-refractivity contribution is 7.91. The molecule has 0 bridgehead atoms. The van der Waals surface area contributed by atoms with Crippen LogP contribution in [0.15, 0.2) is 40.7 Å². The topological polar surface area (TPSA) is 147 Å². The molecule has 4 heterocycles. The van der Waals surface area contributed by atoms with E-state index in [1.54, 1.807) is 6.92 Å². The van der Waals surface area contributed by atoms with E-state index in [9.17, 15) is 35.2 Å². The van der Waals surface area contributed by atoms with Gasteiger partial charge in [0.2, 0.25) is 0 Å². The summed E-state index contributed by atoms with van der Waals surface area (Å²) >= 11 is 1.04. The number of hydrogen-bond donors (Lipinski definition) is 2. The number of hydrogen-bond acceptors (Lipinski definition) is 9. The zero-order valence-corrected chi connectivity index (χ0v) is 23.6. The average molecular weight is 634 g/mol. The first-order valence-electron chi connectivity index (χ1n) is 12.1. The highest BCUT2D eigenvalue weighted by atomic mass is 32.2. The molecule has 0 amide bonds. The zero-order valence-electron chi connectivity index (χ0n) is 22.0. The van der Waals surface area contributed by atoms with Gasteiger partial charge >= 0.3 is 12.1 Å². The predicted molar refractivity (Wildman–Crippen MR) is 143 cm³/mol. The molecule has 0 aliphatic carbocycles. The molecule has 3 aromatic heterocycles. The number of carboxylic acids is 1. The van der Waals surface area contributed by atoms with Crippen LogP contribution in [0.2, 0.25) is 0 Å². The first kappa shape index (κ1) is 31.2. The van der Waals surface area contributed by atoms with Crippen LogP contribution < -0.4 is 5.73 Å². The fourth-order valence-corrected chi connectivity index (χ4v) is 6.91. The lowest BCUT2D eigenvalue weighted by molar-refractivity contribution is -0.137. The van der Waals surface area contributed by atoms with Gasteiger partial charge in [-0.2, -0.15) is 22.6 Å². The van der Waals surface area contributed by atoms with Gasteiger partial charge in [-0.05, 0) is 32.2 Å². The Hall–Kier alpha value is -3.74. The number of aromatic nitrogens is 4. The summed E-state index contributed by atoms with van der Waals surface area (Å²) in [4.78, 5) is 21.2. The van der Waals surface area contributed by atoms with Gasteiger partial charge in [0, 0.05) is 31.7 Å². The fourth-order valence-electron chi connectivity index (χ4n) is 4.06. The number of nitrogen functional groups attached to an aromatic ring is 1. The van der Waals surface area contributed by atoms with Gasteiger partial charge in [0.15, 0.2) is 15.0 Å². The van der Waals surface area contributed by atoms with Crippen LogP contribution >= 0.6 is 11.3 Å². The number of fused-ring (bicyclic) bond motifs is 1. The van der Waals surface area contributed by atoms with Crippen molar-refractivity contribution in [2.45, 2.75) is 23.7 Å². The number of nitrogens with zero attached hydrogens (tertiary/aromatic N) is 6. The lowest BCUT2D eigenvalue weighted by atomic mass is 10.1. The van der Waals surface area contributed by atoms with Gasteiger partial charge in [0.05, 0.1) is 23.1 Å². The van der Waals surface area contributed by atoms with Gasteiger partial charge in [-0.1, -0.05) is 23.5 Å². The molecule has 18 heteroatoms.